The van der Waals surface area contributed by atoms with Gasteiger partial charge in [0.25, 0.3) is 0 Å². The second-order valence-corrected chi connectivity index (χ2v) is 3.77. The van der Waals surface area contributed by atoms with E-state index in [2.05, 4.69) is 10.6 Å². The van der Waals surface area contributed by atoms with E-state index in [9.17, 15) is 0 Å². The van der Waals surface area contributed by atoms with Crippen molar-refractivity contribution in [3.05, 3.63) is 0 Å². The molecule has 3 nitrogen and oxygen atoms in total. The summed E-state index contributed by atoms with van der Waals surface area (Å²) in [4.78, 5) is 0. The van der Waals surface area contributed by atoms with E-state index in [0.29, 0.717) is 6.04 Å². The summed E-state index contributed by atoms with van der Waals surface area (Å²) in [6.07, 6.45) is 3.83. The SMILES string of the molecule is CNCC(N)CC1CCCNC1. The average molecular weight is 171 g/mol. The van der Waals surface area contributed by atoms with E-state index in [0.717, 1.165) is 25.4 Å². The van der Waals surface area contributed by atoms with E-state index in [1.165, 1.54) is 19.4 Å². The molecule has 0 amide bonds. The van der Waals surface area contributed by atoms with Crippen LogP contribution in [0.2, 0.25) is 0 Å². The van der Waals surface area contributed by atoms with Crippen LogP contribution in [0.4, 0.5) is 0 Å². The van der Waals surface area contributed by atoms with Crippen LogP contribution in [0.5, 0.6) is 0 Å². The van der Waals surface area contributed by atoms with Crippen molar-refractivity contribution in [2.45, 2.75) is 25.3 Å². The van der Waals surface area contributed by atoms with Gasteiger partial charge >= 0.3 is 0 Å². The summed E-state index contributed by atoms with van der Waals surface area (Å²) in [5, 5.41) is 6.52. The molecule has 4 N–H and O–H groups in total. The number of piperidine rings is 1. The van der Waals surface area contributed by atoms with Gasteiger partial charge in [0, 0.05) is 12.6 Å². The second kappa shape index (κ2) is 5.51. The molecule has 0 aromatic carbocycles. The maximum atomic E-state index is 5.92. The van der Waals surface area contributed by atoms with Crippen molar-refractivity contribution in [1.29, 1.82) is 0 Å². The molecule has 0 bridgehead atoms. The largest absolute Gasteiger partial charge is 0.327 e. The van der Waals surface area contributed by atoms with Gasteiger partial charge in [-0.1, -0.05) is 0 Å². The Morgan fingerprint density at radius 3 is 3.08 bits per heavy atom. The number of hydrogen-bond donors (Lipinski definition) is 3. The number of likely N-dealkylation sites (N-methyl/N-ethyl adjacent to an activating group) is 1. The first-order chi connectivity index (χ1) is 5.83. The molecule has 1 saturated heterocycles. The van der Waals surface area contributed by atoms with Crippen molar-refractivity contribution in [1.82, 2.24) is 10.6 Å². The van der Waals surface area contributed by atoms with Crippen LogP contribution >= 0.6 is 0 Å². The second-order valence-electron chi connectivity index (χ2n) is 3.77. The van der Waals surface area contributed by atoms with E-state index in [4.69, 9.17) is 5.73 Å². The molecular formula is C9H21N3. The molecule has 12 heavy (non-hydrogen) atoms. The van der Waals surface area contributed by atoms with Crippen molar-refractivity contribution in [2.24, 2.45) is 11.7 Å². The molecule has 2 atom stereocenters. The van der Waals surface area contributed by atoms with Crippen LogP contribution in [0.1, 0.15) is 19.3 Å². The molecule has 1 heterocycles. The van der Waals surface area contributed by atoms with Crippen molar-refractivity contribution in [2.75, 3.05) is 26.7 Å². The molecule has 0 saturated carbocycles. The van der Waals surface area contributed by atoms with Gasteiger partial charge in [0.15, 0.2) is 0 Å². The zero-order valence-corrected chi connectivity index (χ0v) is 7.97. The quantitative estimate of drug-likeness (QED) is 0.554. The standard InChI is InChI=1S/C9H21N3/c1-11-7-9(10)5-8-3-2-4-12-6-8/h8-9,11-12H,2-7,10H2,1H3. The predicted octanol–water partition coefficient (Wildman–Crippen LogP) is -0.0772. The Morgan fingerprint density at radius 1 is 1.67 bits per heavy atom. The summed E-state index contributed by atoms with van der Waals surface area (Å²) < 4.78 is 0. The minimum atomic E-state index is 0.333. The first-order valence-corrected chi connectivity index (χ1v) is 4.94. The minimum absolute atomic E-state index is 0.333. The van der Waals surface area contributed by atoms with E-state index >= 15 is 0 Å². The van der Waals surface area contributed by atoms with Gasteiger partial charge in [-0.05, 0) is 45.3 Å². The topological polar surface area (TPSA) is 50.1 Å². The fourth-order valence-electron chi connectivity index (χ4n) is 1.90. The van der Waals surface area contributed by atoms with Crippen molar-refractivity contribution < 1.29 is 0 Å². The number of rotatable bonds is 4. The molecule has 2 unspecified atom stereocenters. The molecule has 1 fully saturated rings. The Kier molecular flexibility index (Phi) is 4.58. The first kappa shape index (κ1) is 9.96. The van der Waals surface area contributed by atoms with Crippen molar-refractivity contribution in [3.63, 3.8) is 0 Å². The summed E-state index contributed by atoms with van der Waals surface area (Å²) in [5.74, 6) is 0.807. The van der Waals surface area contributed by atoms with Crippen LogP contribution in [-0.4, -0.2) is 32.7 Å². The zero-order chi connectivity index (χ0) is 8.81. The highest BCUT2D eigenvalue weighted by atomic mass is 14.9. The molecule has 0 radical (unpaired) electrons. The lowest BCUT2D eigenvalue weighted by Gasteiger charge is -2.25. The third-order valence-electron chi connectivity index (χ3n) is 2.50. The maximum Gasteiger partial charge on any atom is 0.0168 e. The van der Waals surface area contributed by atoms with Gasteiger partial charge in [0.05, 0.1) is 0 Å². The fraction of sp³-hybridized carbons (Fsp3) is 1.00. The highest BCUT2D eigenvalue weighted by Gasteiger charge is 2.15. The highest BCUT2D eigenvalue weighted by molar-refractivity contribution is 4.74. The van der Waals surface area contributed by atoms with E-state index in [1.807, 2.05) is 7.05 Å². The smallest absolute Gasteiger partial charge is 0.0168 e. The fourth-order valence-corrected chi connectivity index (χ4v) is 1.90. The predicted molar refractivity (Wildman–Crippen MR) is 52.1 cm³/mol. The Labute approximate surface area is 75.1 Å². The van der Waals surface area contributed by atoms with Gasteiger partial charge in [0.1, 0.15) is 0 Å². The Bertz CT molecular complexity index is 110. The van der Waals surface area contributed by atoms with Gasteiger partial charge in [-0.3, -0.25) is 0 Å². The van der Waals surface area contributed by atoms with Crippen LogP contribution in [0.25, 0.3) is 0 Å². The molecule has 1 aliphatic heterocycles. The number of nitrogens with one attached hydrogen (secondary N) is 2. The van der Waals surface area contributed by atoms with Crippen LogP contribution in [0, 0.1) is 5.92 Å². The van der Waals surface area contributed by atoms with E-state index in [1.54, 1.807) is 0 Å². The normalized spacial score (nSPS) is 27.0. The van der Waals surface area contributed by atoms with Gasteiger partial charge in [0.2, 0.25) is 0 Å². The molecule has 3 heteroatoms. The van der Waals surface area contributed by atoms with E-state index < -0.39 is 0 Å². The summed E-state index contributed by atoms with van der Waals surface area (Å²) in [5.41, 5.74) is 5.92. The summed E-state index contributed by atoms with van der Waals surface area (Å²) in [7, 11) is 1.96. The number of hydrogen-bond acceptors (Lipinski definition) is 3. The third-order valence-corrected chi connectivity index (χ3v) is 2.50. The monoisotopic (exact) mass is 171 g/mol. The van der Waals surface area contributed by atoms with Gasteiger partial charge < -0.3 is 16.4 Å². The number of nitrogens with two attached hydrogens (primary N) is 1. The summed E-state index contributed by atoms with van der Waals surface area (Å²) in [6.45, 7) is 3.30. The van der Waals surface area contributed by atoms with Gasteiger partial charge in [-0.25, -0.2) is 0 Å². The summed E-state index contributed by atoms with van der Waals surface area (Å²) >= 11 is 0. The lowest BCUT2D eigenvalue weighted by Crippen LogP contribution is -2.38. The zero-order valence-electron chi connectivity index (χ0n) is 7.97. The van der Waals surface area contributed by atoms with E-state index in [-0.39, 0.29) is 0 Å². The summed E-state index contributed by atoms with van der Waals surface area (Å²) in [6, 6.07) is 0.333. The highest BCUT2D eigenvalue weighted by Crippen LogP contribution is 2.14. The molecular weight excluding hydrogens is 150 g/mol. The van der Waals surface area contributed by atoms with Crippen molar-refractivity contribution >= 4 is 0 Å². The third kappa shape index (κ3) is 3.52. The first-order valence-electron chi connectivity index (χ1n) is 4.94. The molecule has 1 rings (SSSR count). The molecule has 0 aromatic heterocycles. The molecule has 0 aliphatic carbocycles. The molecule has 0 spiro atoms. The minimum Gasteiger partial charge on any atom is -0.327 e. The van der Waals surface area contributed by atoms with Gasteiger partial charge in [-0.2, -0.15) is 0 Å². The van der Waals surface area contributed by atoms with Crippen molar-refractivity contribution in [3.8, 4) is 0 Å². The lowest BCUT2D eigenvalue weighted by atomic mass is 9.93. The van der Waals surface area contributed by atoms with Crippen LogP contribution in [-0.2, 0) is 0 Å². The molecule has 72 valence electrons. The van der Waals surface area contributed by atoms with Crippen LogP contribution in [0.15, 0.2) is 0 Å². The molecule has 1 aliphatic rings. The average Bonchev–Trinajstić information content (AvgIpc) is 2.06. The Morgan fingerprint density at radius 2 is 2.50 bits per heavy atom. The Balaban J connectivity index is 2.11. The van der Waals surface area contributed by atoms with Crippen LogP contribution in [0.3, 0.4) is 0 Å². The van der Waals surface area contributed by atoms with Gasteiger partial charge in [-0.15, -0.1) is 0 Å². The Hall–Kier alpha value is -0.120. The lowest BCUT2D eigenvalue weighted by molar-refractivity contribution is 0.332. The van der Waals surface area contributed by atoms with Crippen LogP contribution < -0.4 is 16.4 Å². The molecule has 0 aromatic rings. The maximum absolute atomic E-state index is 5.92.